The van der Waals surface area contributed by atoms with E-state index >= 15 is 0 Å². The van der Waals surface area contributed by atoms with Crippen molar-refractivity contribution in [1.82, 2.24) is 20.5 Å². The number of nitrogens with zero attached hydrogens (tertiary/aromatic N) is 1. The van der Waals surface area contributed by atoms with E-state index in [-0.39, 0.29) is 17.4 Å². The number of ether oxygens (including phenoxy) is 1. The number of fused-ring (bicyclic) bond motifs is 1. The summed E-state index contributed by atoms with van der Waals surface area (Å²) in [6.07, 6.45) is 18.1. The van der Waals surface area contributed by atoms with Crippen LogP contribution in [0.15, 0.2) is 24.3 Å². The summed E-state index contributed by atoms with van der Waals surface area (Å²) in [5.41, 5.74) is 3.97. The van der Waals surface area contributed by atoms with Gasteiger partial charge in [-0.15, -0.1) is 0 Å². The number of nitrogens with one attached hydrogen (secondary N) is 3. The van der Waals surface area contributed by atoms with Crippen LogP contribution in [0.3, 0.4) is 0 Å². The lowest BCUT2D eigenvalue weighted by Crippen LogP contribution is -2.49. The van der Waals surface area contributed by atoms with Crippen molar-refractivity contribution < 1.29 is 14.3 Å². The number of hydrogen-bond donors (Lipinski definition) is 3. The van der Waals surface area contributed by atoms with Crippen LogP contribution in [0.1, 0.15) is 122 Å². The van der Waals surface area contributed by atoms with Crippen molar-refractivity contribution in [2.45, 2.75) is 108 Å². The maximum Gasteiger partial charge on any atom is 0.267 e. The minimum absolute atomic E-state index is 0.00820. The second-order valence-corrected chi connectivity index (χ2v) is 13.2. The molecule has 1 aromatic heterocycles. The van der Waals surface area contributed by atoms with E-state index in [2.05, 4.69) is 21.7 Å². The molecule has 3 aliphatic rings. The number of unbranched alkanes of at least 4 members (excludes halogenated alkanes) is 1. The van der Waals surface area contributed by atoms with Gasteiger partial charge in [0.25, 0.3) is 11.8 Å². The van der Waals surface area contributed by atoms with Gasteiger partial charge in [-0.25, -0.2) is 0 Å². The van der Waals surface area contributed by atoms with Crippen molar-refractivity contribution in [2.75, 3.05) is 26.7 Å². The number of carbonyl (C=O) groups excluding carboxylic acids is 2. The van der Waals surface area contributed by atoms with Crippen LogP contribution in [0.4, 0.5) is 0 Å². The van der Waals surface area contributed by atoms with Gasteiger partial charge < -0.3 is 25.3 Å². The topological polar surface area (TPSA) is 86.5 Å². The van der Waals surface area contributed by atoms with Crippen LogP contribution < -0.4 is 15.4 Å². The number of rotatable bonds is 8. The third-order valence-electron chi connectivity index (χ3n) is 9.84. The monoisotopic (exact) mass is 596 g/mol. The predicted octanol–water partition coefficient (Wildman–Crippen LogP) is 7.04. The lowest BCUT2D eigenvalue weighted by atomic mass is 9.79. The van der Waals surface area contributed by atoms with Crippen LogP contribution >= 0.6 is 11.6 Å². The molecule has 0 radical (unpaired) electrons. The number of amides is 2. The van der Waals surface area contributed by atoms with Gasteiger partial charge in [0.15, 0.2) is 0 Å². The largest absolute Gasteiger partial charge is 0.496 e. The first kappa shape index (κ1) is 30.9. The van der Waals surface area contributed by atoms with Crippen LogP contribution in [0.5, 0.6) is 5.75 Å². The van der Waals surface area contributed by atoms with Crippen molar-refractivity contribution in [2.24, 2.45) is 5.92 Å². The highest BCUT2D eigenvalue weighted by Gasteiger charge is 2.35. The van der Waals surface area contributed by atoms with Gasteiger partial charge in [0.2, 0.25) is 0 Å². The summed E-state index contributed by atoms with van der Waals surface area (Å²) < 4.78 is 5.37. The number of piperidine rings is 1. The SMILES string of the molecule is COc1cc(Cl)ccc1C(=O)N1CCC(CCCCNC(=O)c2cc3c([nH]2)CC2(CCCCCCCCC2)NC3)CC1. The second-order valence-electron chi connectivity index (χ2n) is 12.8. The number of carbonyl (C=O) groups is 2. The lowest BCUT2D eigenvalue weighted by Gasteiger charge is -2.39. The highest BCUT2D eigenvalue weighted by molar-refractivity contribution is 6.30. The van der Waals surface area contributed by atoms with Gasteiger partial charge in [-0.1, -0.05) is 69.4 Å². The molecule has 42 heavy (non-hydrogen) atoms. The Kier molecular flexibility index (Phi) is 10.9. The molecule has 2 amide bonds. The molecule has 2 fully saturated rings. The molecular formula is C34H49ClN4O3. The summed E-state index contributed by atoms with van der Waals surface area (Å²) in [5, 5.41) is 7.59. The maximum atomic E-state index is 13.0. The minimum Gasteiger partial charge on any atom is -0.496 e. The van der Waals surface area contributed by atoms with Gasteiger partial charge in [-0.05, 0) is 67.9 Å². The van der Waals surface area contributed by atoms with E-state index < -0.39 is 0 Å². The molecule has 230 valence electrons. The Morgan fingerprint density at radius 1 is 1.02 bits per heavy atom. The van der Waals surface area contributed by atoms with Crippen molar-refractivity contribution in [3.05, 3.63) is 51.8 Å². The van der Waals surface area contributed by atoms with E-state index in [4.69, 9.17) is 16.3 Å². The molecule has 2 aliphatic heterocycles. The first-order chi connectivity index (χ1) is 20.5. The van der Waals surface area contributed by atoms with Crippen LogP contribution in [0.2, 0.25) is 5.02 Å². The average molecular weight is 597 g/mol. The molecule has 8 heteroatoms. The van der Waals surface area contributed by atoms with Crippen molar-refractivity contribution in [3.8, 4) is 5.75 Å². The fraction of sp³-hybridized carbons (Fsp3) is 0.647. The number of H-pyrrole nitrogens is 1. The van der Waals surface area contributed by atoms with Gasteiger partial charge in [-0.2, -0.15) is 0 Å². The Balaban J connectivity index is 1.01. The highest BCUT2D eigenvalue weighted by atomic mass is 35.5. The fourth-order valence-electron chi connectivity index (χ4n) is 7.24. The van der Waals surface area contributed by atoms with E-state index in [1.807, 2.05) is 4.90 Å². The highest BCUT2D eigenvalue weighted by Crippen LogP contribution is 2.33. The zero-order valence-corrected chi connectivity index (χ0v) is 26.1. The zero-order valence-electron chi connectivity index (χ0n) is 25.4. The van der Waals surface area contributed by atoms with Crippen LogP contribution in [0, 0.1) is 5.92 Å². The molecular weight excluding hydrogens is 548 g/mol. The number of hydrogen-bond acceptors (Lipinski definition) is 4. The average Bonchev–Trinajstić information content (AvgIpc) is 3.43. The minimum atomic E-state index is 0.00820. The van der Waals surface area contributed by atoms with Crippen LogP contribution in [0.25, 0.3) is 0 Å². The molecule has 1 spiro atoms. The molecule has 0 atom stereocenters. The van der Waals surface area contributed by atoms with Gasteiger partial charge in [0, 0.05) is 48.9 Å². The second kappa shape index (κ2) is 14.8. The summed E-state index contributed by atoms with van der Waals surface area (Å²) in [4.78, 5) is 31.4. The molecule has 5 rings (SSSR count). The molecule has 3 N–H and O–H groups in total. The van der Waals surface area contributed by atoms with Gasteiger partial charge >= 0.3 is 0 Å². The number of likely N-dealkylation sites (tertiary alicyclic amines) is 1. The van der Waals surface area contributed by atoms with Crippen molar-refractivity contribution in [3.63, 3.8) is 0 Å². The van der Waals surface area contributed by atoms with E-state index in [9.17, 15) is 9.59 Å². The molecule has 0 unspecified atom stereocenters. The quantitative estimate of drug-likeness (QED) is 0.285. The Morgan fingerprint density at radius 3 is 2.45 bits per heavy atom. The van der Waals surface area contributed by atoms with E-state index in [0.717, 1.165) is 58.2 Å². The summed E-state index contributed by atoms with van der Waals surface area (Å²) in [5.74, 6) is 1.16. The standard InChI is InChI=1S/C34H49ClN4O3/c1-42-31-22-27(35)12-13-28(31)33(41)39-19-14-25(15-20-39)11-7-10-18-36-32(40)29-21-26-24-37-34(23-30(26)38-29)16-8-5-3-2-4-6-9-17-34/h12-13,21-22,25,37-38H,2-11,14-20,23-24H2,1H3,(H,36,40). The molecule has 1 saturated carbocycles. The predicted molar refractivity (Wildman–Crippen MR) is 168 cm³/mol. The maximum absolute atomic E-state index is 13.0. The zero-order chi connectivity index (χ0) is 29.4. The van der Waals surface area contributed by atoms with Crippen molar-refractivity contribution in [1.29, 1.82) is 0 Å². The normalized spacial score (nSPS) is 19.7. The Bertz CT molecular complexity index is 1190. The number of aromatic amines is 1. The lowest BCUT2D eigenvalue weighted by molar-refractivity contribution is 0.0682. The Morgan fingerprint density at radius 2 is 1.74 bits per heavy atom. The molecule has 3 heterocycles. The molecule has 1 saturated heterocycles. The van der Waals surface area contributed by atoms with E-state index in [0.29, 0.717) is 34.5 Å². The molecule has 2 aromatic rings. The third-order valence-corrected chi connectivity index (χ3v) is 10.1. The number of halogens is 1. The molecule has 7 nitrogen and oxygen atoms in total. The molecule has 0 bridgehead atoms. The van der Waals surface area contributed by atoms with E-state index in [1.54, 1.807) is 25.3 Å². The summed E-state index contributed by atoms with van der Waals surface area (Å²) in [6.45, 7) is 3.08. The number of benzene rings is 1. The fourth-order valence-corrected chi connectivity index (χ4v) is 7.40. The van der Waals surface area contributed by atoms with Crippen LogP contribution in [-0.4, -0.2) is 54.0 Å². The first-order valence-electron chi connectivity index (χ1n) is 16.3. The van der Waals surface area contributed by atoms with Gasteiger partial charge in [0.05, 0.1) is 12.7 Å². The molecule has 1 aromatic carbocycles. The van der Waals surface area contributed by atoms with Crippen molar-refractivity contribution >= 4 is 23.4 Å². The van der Waals surface area contributed by atoms with Crippen LogP contribution in [-0.2, 0) is 13.0 Å². The molecule has 1 aliphatic carbocycles. The number of methoxy groups -OCH3 is 1. The summed E-state index contributed by atoms with van der Waals surface area (Å²) >= 11 is 6.06. The van der Waals surface area contributed by atoms with Gasteiger partial charge in [-0.3, -0.25) is 9.59 Å². The number of aromatic nitrogens is 1. The Labute approximate surface area is 256 Å². The Hall–Kier alpha value is -2.51. The third kappa shape index (κ3) is 7.90. The smallest absolute Gasteiger partial charge is 0.267 e. The van der Waals surface area contributed by atoms with E-state index in [1.165, 1.54) is 69.0 Å². The first-order valence-corrected chi connectivity index (χ1v) is 16.7. The summed E-state index contributed by atoms with van der Waals surface area (Å²) in [6, 6.07) is 7.23. The van der Waals surface area contributed by atoms with Gasteiger partial charge in [0.1, 0.15) is 11.4 Å². The summed E-state index contributed by atoms with van der Waals surface area (Å²) in [7, 11) is 1.57.